The van der Waals surface area contributed by atoms with E-state index >= 15 is 0 Å². The molecule has 1 aliphatic rings. The Balaban J connectivity index is 1.66. The van der Waals surface area contributed by atoms with Gasteiger partial charge in [-0.15, -0.1) is 0 Å². The van der Waals surface area contributed by atoms with Crippen LogP contribution < -0.4 is 10.1 Å². The van der Waals surface area contributed by atoms with Crippen molar-refractivity contribution in [1.29, 1.82) is 0 Å². The number of carbonyl (C=O) groups excluding carboxylic acids is 3. The first-order chi connectivity index (χ1) is 14.2. The molecule has 0 saturated carbocycles. The van der Waals surface area contributed by atoms with Crippen molar-refractivity contribution in [2.24, 2.45) is 0 Å². The summed E-state index contributed by atoms with van der Waals surface area (Å²) in [6.45, 7) is 5.45. The summed E-state index contributed by atoms with van der Waals surface area (Å²) in [6.07, 6.45) is -0.329. The monoisotopic (exact) mass is 410 g/mol. The maximum atomic E-state index is 12.4. The third kappa shape index (κ3) is 4.32. The average Bonchev–Trinajstić information content (AvgIpc) is 2.92. The molecule has 0 spiro atoms. The largest absolute Gasteiger partial charge is 0.483 e. The molecular weight excluding hydrogens is 388 g/mol. The highest BCUT2D eigenvalue weighted by molar-refractivity contribution is 6.22. The number of aliphatic carboxylic acids is 1. The van der Waals surface area contributed by atoms with E-state index < -0.39 is 23.7 Å². The zero-order valence-electron chi connectivity index (χ0n) is 16.9. The summed E-state index contributed by atoms with van der Waals surface area (Å²) in [6, 6.07) is 8.24. The number of benzene rings is 2. The van der Waals surface area contributed by atoms with Gasteiger partial charge < -0.3 is 15.2 Å². The molecule has 1 heterocycles. The first-order valence-electron chi connectivity index (χ1n) is 9.40. The number of rotatable bonds is 7. The number of carboxylic acids is 1. The number of amides is 3. The van der Waals surface area contributed by atoms with E-state index in [-0.39, 0.29) is 30.7 Å². The highest BCUT2D eigenvalue weighted by atomic mass is 16.5. The minimum atomic E-state index is -1.10. The molecule has 8 heteroatoms. The number of hydrogen-bond acceptors (Lipinski definition) is 5. The van der Waals surface area contributed by atoms with Crippen molar-refractivity contribution < 1.29 is 29.0 Å². The Hall–Kier alpha value is -3.68. The van der Waals surface area contributed by atoms with Crippen LogP contribution in [0.3, 0.4) is 0 Å². The Morgan fingerprint density at radius 2 is 1.63 bits per heavy atom. The van der Waals surface area contributed by atoms with Crippen molar-refractivity contribution in [3.05, 3.63) is 58.1 Å². The maximum absolute atomic E-state index is 12.4. The fourth-order valence-electron chi connectivity index (χ4n) is 3.21. The molecule has 0 atom stereocenters. The van der Waals surface area contributed by atoms with E-state index in [1.165, 1.54) is 18.2 Å². The van der Waals surface area contributed by atoms with Crippen LogP contribution in [0.1, 0.15) is 43.8 Å². The molecule has 3 rings (SSSR count). The molecule has 30 heavy (non-hydrogen) atoms. The van der Waals surface area contributed by atoms with Gasteiger partial charge in [-0.2, -0.15) is 0 Å². The zero-order valence-corrected chi connectivity index (χ0v) is 16.9. The quantitative estimate of drug-likeness (QED) is 0.679. The van der Waals surface area contributed by atoms with Crippen LogP contribution in [0.5, 0.6) is 5.75 Å². The minimum Gasteiger partial charge on any atom is -0.483 e. The molecule has 2 aromatic carbocycles. The summed E-state index contributed by atoms with van der Waals surface area (Å²) in [5.41, 5.74) is 3.79. The number of nitrogens with zero attached hydrogens (tertiary/aromatic N) is 1. The van der Waals surface area contributed by atoms with Crippen molar-refractivity contribution >= 4 is 29.4 Å². The van der Waals surface area contributed by atoms with Gasteiger partial charge in [-0.05, 0) is 61.7 Å². The van der Waals surface area contributed by atoms with Crippen LogP contribution in [0.2, 0.25) is 0 Å². The number of aryl methyl sites for hydroxylation is 3. The van der Waals surface area contributed by atoms with Crippen LogP contribution >= 0.6 is 0 Å². The van der Waals surface area contributed by atoms with E-state index in [4.69, 9.17) is 9.84 Å². The van der Waals surface area contributed by atoms with Crippen molar-refractivity contribution in [1.82, 2.24) is 4.90 Å². The molecule has 0 saturated heterocycles. The van der Waals surface area contributed by atoms with Crippen LogP contribution in [0.25, 0.3) is 0 Å². The van der Waals surface area contributed by atoms with Gasteiger partial charge >= 0.3 is 5.97 Å². The van der Waals surface area contributed by atoms with E-state index in [1.807, 2.05) is 32.9 Å². The van der Waals surface area contributed by atoms with Gasteiger partial charge in [-0.3, -0.25) is 24.1 Å². The Labute approximate surface area is 173 Å². The predicted octanol–water partition coefficient (Wildman–Crippen LogP) is 2.70. The summed E-state index contributed by atoms with van der Waals surface area (Å²) in [5.74, 6) is -2.00. The lowest BCUT2D eigenvalue weighted by Crippen LogP contribution is -2.31. The SMILES string of the molecule is Cc1cc(C)c(OCC(=O)Nc2ccc3c(c2)C(=O)N(CCC(=O)O)C3=O)cc1C. The Kier molecular flexibility index (Phi) is 5.86. The fourth-order valence-corrected chi connectivity index (χ4v) is 3.21. The molecule has 0 bridgehead atoms. The minimum absolute atomic E-state index is 0.133. The second-order valence-corrected chi connectivity index (χ2v) is 7.20. The Morgan fingerprint density at radius 3 is 2.33 bits per heavy atom. The highest BCUT2D eigenvalue weighted by Crippen LogP contribution is 2.26. The van der Waals surface area contributed by atoms with Crippen molar-refractivity contribution in [2.45, 2.75) is 27.2 Å². The molecule has 0 radical (unpaired) electrons. The molecule has 8 nitrogen and oxygen atoms in total. The van der Waals surface area contributed by atoms with Crippen LogP contribution in [0.4, 0.5) is 5.69 Å². The lowest BCUT2D eigenvalue weighted by Gasteiger charge is -2.12. The zero-order chi connectivity index (χ0) is 22.0. The van der Waals surface area contributed by atoms with Gasteiger partial charge in [0.05, 0.1) is 17.5 Å². The van der Waals surface area contributed by atoms with E-state index in [1.54, 1.807) is 0 Å². The average molecular weight is 410 g/mol. The number of hydrogen-bond donors (Lipinski definition) is 2. The molecule has 1 aliphatic heterocycles. The molecule has 0 aromatic heterocycles. The highest BCUT2D eigenvalue weighted by Gasteiger charge is 2.35. The van der Waals surface area contributed by atoms with Gasteiger partial charge in [-0.25, -0.2) is 0 Å². The summed E-state index contributed by atoms with van der Waals surface area (Å²) < 4.78 is 5.61. The van der Waals surface area contributed by atoms with Crippen LogP contribution in [0.15, 0.2) is 30.3 Å². The van der Waals surface area contributed by atoms with E-state index in [9.17, 15) is 19.2 Å². The Bertz CT molecular complexity index is 1060. The smallest absolute Gasteiger partial charge is 0.305 e. The van der Waals surface area contributed by atoms with Gasteiger partial charge in [0.25, 0.3) is 17.7 Å². The first kappa shape index (κ1) is 21.0. The lowest BCUT2D eigenvalue weighted by atomic mass is 10.1. The van der Waals surface area contributed by atoms with E-state index in [0.717, 1.165) is 21.6 Å². The van der Waals surface area contributed by atoms with Gasteiger partial charge in [0.2, 0.25) is 0 Å². The standard InChI is InChI=1S/C22H22N2O6/c1-12-8-14(3)18(9-13(12)2)30-11-19(25)23-15-4-5-16-17(10-15)22(29)24(21(16)28)7-6-20(26)27/h4-5,8-10H,6-7,11H2,1-3H3,(H,23,25)(H,26,27). The first-order valence-corrected chi connectivity index (χ1v) is 9.40. The summed E-state index contributed by atoms with van der Waals surface area (Å²) >= 11 is 0. The number of nitrogens with one attached hydrogen (secondary N) is 1. The van der Waals surface area contributed by atoms with Crippen LogP contribution in [0, 0.1) is 20.8 Å². The maximum Gasteiger partial charge on any atom is 0.305 e. The third-order valence-corrected chi connectivity index (χ3v) is 4.95. The second kappa shape index (κ2) is 8.36. The number of anilines is 1. The van der Waals surface area contributed by atoms with Crippen LogP contribution in [-0.2, 0) is 9.59 Å². The second-order valence-electron chi connectivity index (χ2n) is 7.20. The molecular formula is C22H22N2O6. The Morgan fingerprint density at radius 1 is 0.967 bits per heavy atom. The molecule has 2 N–H and O–H groups in total. The number of carboxylic acid groups (broad SMARTS) is 1. The molecule has 0 aliphatic carbocycles. The van der Waals surface area contributed by atoms with Crippen LogP contribution in [-0.4, -0.2) is 46.8 Å². The van der Waals surface area contributed by atoms with Gasteiger partial charge in [0, 0.05) is 12.2 Å². The van der Waals surface area contributed by atoms with Gasteiger partial charge in [0.15, 0.2) is 6.61 Å². The number of carbonyl (C=O) groups is 4. The summed E-state index contributed by atoms with van der Waals surface area (Å²) in [7, 11) is 0. The number of imide groups is 1. The van der Waals surface area contributed by atoms with Gasteiger partial charge in [-0.1, -0.05) is 6.07 Å². The number of ether oxygens (including phenoxy) is 1. The number of fused-ring (bicyclic) bond motifs is 1. The normalized spacial score (nSPS) is 12.7. The summed E-state index contributed by atoms with van der Waals surface area (Å²) in [5, 5.41) is 11.4. The predicted molar refractivity (Wildman–Crippen MR) is 109 cm³/mol. The molecule has 156 valence electrons. The van der Waals surface area contributed by atoms with Crippen molar-refractivity contribution in [3.63, 3.8) is 0 Å². The van der Waals surface area contributed by atoms with Gasteiger partial charge in [0.1, 0.15) is 5.75 Å². The third-order valence-electron chi connectivity index (χ3n) is 4.95. The van der Waals surface area contributed by atoms with E-state index in [2.05, 4.69) is 5.32 Å². The molecule has 3 amide bonds. The fraction of sp³-hybridized carbons (Fsp3) is 0.273. The molecule has 2 aromatic rings. The van der Waals surface area contributed by atoms with Crippen molar-refractivity contribution in [2.75, 3.05) is 18.5 Å². The molecule has 0 fully saturated rings. The van der Waals surface area contributed by atoms with E-state index in [0.29, 0.717) is 11.4 Å². The molecule has 0 unspecified atom stereocenters. The topological polar surface area (TPSA) is 113 Å². The lowest BCUT2D eigenvalue weighted by molar-refractivity contribution is -0.137. The summed E-state index contributed by atoms with van der Waals surface area (Å²) in [4.78, 5) is 48.6. The van der Waals surface area contributed by atoms with Crippen molar-refractivity contribution in [3.8, 4) is 5.75 Å².